The van der Waals surface area contributed by atoms with Crippen LogP contribution in [0.2, 0.25) is 0 Å². The van der Waals surface area contributed by atoms with E-state index in [4.69, 9.17) is 10.1 Å². The highest BCUT2D eigenvalue weighted by Crippen LogP contribution is 2.28. The summed E-state index contributed by atoms with van der Waals surface area (Å²) in [6, 6.07) is 5.99. The molecule has 2 N–H and O–H groups in total. The monoisotopic (exact) mass is 430 g/mol. The van der Waals surface area contributed by atoms with Crippen molar-refractivity contribution in [1.29, 1.82) is 0 Å². The lowest BCUT2D eigenvalue weighted by molar-refractivity contribution is 0.298. The Bertz CT molecular complexity index is 1250. The minimum atomic E-state index is -1.36. The second-order valence-corrected chi connectivity index (χ2v) is 7.00. The van der Waals surface area contributed by atoms with Crippen molar-refractivity contribution < 1.29 is 10.2 Å². The van der Waals surface area contributed by atoms with Crippen molar-refractivity contribution in [2.75, 3.05) is 18.0 Å². The molecule has 0 radical (unpaired) electrons. The van der Waals surface area contributed by atoms with Crippen molar-refractivity contribution in [3.63, 3.8) is 0 Å². The smallest absolute Gasteiger partial charge is 0.205 e. The van der Waals surface area contributed by atoms with E-state index in [0.29, 0.717) is 28.7 Å². The van der Waals surface area contributed by atoms with Gasteiger partial charge in [-0.2, -0.15) is 9.78 Å². The fraction of sp³-hybridized carbons (Fsp3) is 0.273. The fourth-order valence-corrected chi connectivity index (χ4v) is 3.46. The average Bonchev–Trinajstić information content (AvgIpc) is 3.37. The summed E-state index contributed by atoms with van der Waals surface area (Å²) in [6.07, 6.45) is 5.01. The highest BCUT2D eigenvalue weighted by atomic mass is 16.3. The van der Waals surface area contributed by atoms with Gasteiger partial charge in [-0.25, -0.2) is 9.98 Å². The highest BCUT2D eigenvalue weighted by Gasteiger charge is 2.33. The molecule has 1 atom stereocenters. The van der Waals surface area contributed by atoms with Gasteiger partial charge in [-0.1, -0.05) is 0 Å². The Morgan fingerprint density at radius 2 is 1.94 bits per heavy atom. The molecule has 1 aromatic carbocycles. The van der Waals surface area contributed by atoms with Crippen LogP contribution in [0.3, 0.4) is 0 Å². The van der Waals surface area contributed by atoms with Crippen LogP contribution in [0.1, 0.15) is 25.2 Å². The maximum Gasteiger partial charge on any atom is 0.205 e. The Labute approximate surface area is 185 Å². The molecule has 4 rings (SSSR count). The van der Waals surface area contributed by atoms with Gasteiger partial charge in [0, 0.05) is 31.2 Å². The zero-order valence-corrected chi connectivity index (χ0v) is 17.9. The number of hydrogen-bond acceptors (Lipinski definition) is 9. The van der Waals surface area contributed by atoms with Gasteiger partial charge in [-0.3, -0.25) is 4.98 Å². The summed E-state index contributed by atoms with van der Waals surface area (Å²) in [6.45, 7) is 8.00. The van der Waals surface area contributed by atoms with Gasteiger partial charge < -0.3 is 15.1 Å². The zero-order valence-electron chi connectivity index (χ0n) is 17.9. The number of fused-ring (bicyclic) bond motifs is 1. The second-order valence-electron chi connectivity index (χ2n) is 7.00. The summed E-state index contributed by atoms with van der Waals surface area (Å²) in [4.78, 5) is 15.3. The number of aliphatic hydroxyl groups excluding tert-OH is 2. The molecule has 0 aliphatic carbocycles. The predicted molar refractivity (Wildman–Crippen MR) is 121 cm³/mol. The first kappa shape index (κ1) is 21.1. The molecule has 3 heterocycles. The maximum absolute atomic E-state index is 10.5. The van der Waals surface area contributed by atoms with E-state index in [1.807, 2.05) is 19.1 Å². The van der Waals surface area contributed by atoms with Gasteiger partial charge in [0.25, 0.3) is 0 Å². The van der Waals surface area contributed by atoms with E-state index >= 15 is 0 Å². The zero-order chi connectivity index (χ0) is 22.7. The molecule has 0 bridgehead atoms. The summed E-state index contributed by atoms with van der Waals surface area (Å²) in [5.74, 6) is 2.99. The number of nitrogens with zero attached hydrogens (tertiary/aromatic N) is 8. The Kier molecular flexibility index (Phi) is 5.91. The van der Waals surface area contributed by atoms with Crippen molar-refractivity contribution in [1.82, 2.24) is 24.8 Å². The third kappa shape index (κ3) is 3.81. The van der Waals surface area contributed by atoms with Crippen molar-refractivity contribution in [2.24, 2.45) is 10.1 Å². The van der Waals surface area contributed by atoms with E-state index in [1.165, 1.54) is 4.68 Å². The van der Waals surface area contributed by atoms with Crippen LogP contribution >= 0.6 is 0 Å². The van der Waals surface area contributed by atoms with Crippen molar-refractivity contribution in [2.45, 2.75) is 26.9 Å². The number of benzene rings is 1. The van der Waals surface area contributed by atoms with Gasteiger partial charge in [0.2, 0.25) is 11.6 Å². The topological polar surface area (TPSA) is 125 Å². The maximum atomic E-state index is 10.5. The van der Waals surface area contributed by atoms with Crippen LogP contribution < -0.4 is 4.90 Å². The van der Waals surface area contributed by atoms with Crippen LogP contribution in [-0.2, 0) is 0 Å². The first-order chi connectivity index (χ1) is 15.6. The lowest BCUT2D eigenvalue weighted by atomic mass is 10.1. The summed E-state index contributed by atoms with van der Waals surface area (Å²) >= 11 is 0. The molecule has 10 nitrogen and oxygen atoms in total. The molecule has 10 heteroatoms. The van der Waals surface area contributed by atoms with Gasteiger partial charge in [0.05, 0.1) is 11.9 Å². The van der Waals surface area contributed by atoms with Crippen LogP contribution in [0.4, 0.5) is 11.4 Å². The number of aromatic nitrogens is 5. The Hall–Kier alpha value is -4.10. The molecule has 162 valence electrons. The van der Waals surface area contributed by atoms with Crippen molar-refractivity contribution in [3.8, 4) is 23.5 Å². The molecule has 0 amide bonds. The molecular formula is C22H22N8O2. The lowest BCUT2D eigenvalue weighted by Gasteiger charge is -2.21. The van der Waals surface area contributed by atoms with Gasteiger partial charge in [-0.05, 0) is 50.5 Å². The minimum Gasteiger partial charge on any atom is -0.462 e. The molecule has 1 unspecified atom stereocenters. The van der Waals surface area contributed by atoms with Gasteiger partial charge >= 0.3 is 0 Å². The first-order valence-corrected chi connectivity index (χ1v) is 10.2. The summed E-state index contributed by atoms with van der Waals surface area (Å²) in [5, 5.41) is 32.2. The quantitative estimate of drug-likeness (QED) is 0.572. The fourth-order valence-electron chi connectivity index (χ4n) is 3.46. The van der Waals surface area contributed by atoms with E-state index in [-0.39, 0.29) is 5.71 Å². The summed E-state index contributed by atoms with van der Waals surface area (Å²) in [5.41, 5.74) is 3.71. The van der Waals surface area contributed by atoms with Crippen molar-refractivity contribution in [3.05, 3.63) is 48.2 Å². The summed E-state index contributed by atoms with van der Waals surface area (Å²) in [7, 11) is 0. The lowest BCUT2D eigenvalue weighted by Crippen LogP contribution is -2.26. The number of hydrogen-bond donors (Lipinski definition) is 2. The number of anilines is 1. The van der Waals surface area contributed by atoms with Crippen molar-refractivity contribution >= 4 is 22.8 Å². The van der Waals surface area contributed by atoms with E-state index in [2.05, 4.69) is 56.0 Å². The Morgan fingerprint density at radius 3 is 2.59 bits per heavy atom. The summed E-state index contributed by atoms with van der Waals surface area (Å²) < 4.78 is 1.44. The largest absolute Gasteiger partial charge is 0.462 e. The Morgan fingerprint density at radius 1 is 1.16 bits per heavy atom. The third-order valence-electron chi connectivity index (χ3n) is 5.10. The van der Waals surface area contributed by atoms with Crippen LogP contribution in [0, 0.1) is 19.0 Å². The molecule has 3 aromatic rings. The SMILES string of the molecule is CCN(CC)c1ccc(/N=C2/C(C(O)C#CO)=Nn3c2nnc3-c2cnccn2)c(C)c1. The van der Waals surface area contributed by atoms with Gasteiger partial charge in [-0.15, -0.1) is 10.2 Å². The number of aryl methyl sites for hydroxylation is 1. The number of aliphatic imine (C=N–C) groups is 1. The molecule has 0 saturated carbocycles. The first-order valence-electron chi connectivity index (χ1n) is 10.2. The molecule has 0 saturated heterocycles. The number of aliphatic hydroxyl groups is 2. The minimum absolute atomic E-state index is 0.161. The van der Waals surface area contributed by atoms with E-state index in [0.717, 1.165) is 24.3 Å². The second kappa shape index (κ2) is 8.95. The van der Waals surface area contributed by atoms with Gasteiger partial charge in [0.1, 0.15) is 23.2 Å². The molecular weight excluding hydrogens is 408 g/mol. The number of rotatable bonds is 6. The standard InChI is InChI=1S/C22H22N8O2/c1-4-29(5-2)15-6-7-16(14(3)12-15)25-20-19(18(32)8-11-31)28-30-21(26-27-22(20)30)17-13-23-9-10-24-17/h6-7,9-10,12-13,18,31-32H,4-5H2,1-3H3/b25-20-. The molecule has 0 fully saturated rings. The third-order valence-corrected chi connectivity index (χ3v) is 5.10. The predicted octanol–water partition coefficient (Wildman–Crippen LogP) is 1.92. The van der Waals surface area contributed by atoms with Crippen LogP contribution in [0.15, 0.2) is 46.9 Å². The highest BCUT2D eigenvalue weighted by molar-refractivity contribution is 6.51. The van der Waals surface area contributed by atoms with E-state index < -0.39 is 6.10 Å². The normalized spacial score (nSPS) is 14.5. The average molecular weight is 430 g/mol. The molecule has 2 aromatic heterocycles. The van der Waals surface area contributed by atoms with Crippen LogP contribution in [-0.4, -0.2) is 65.7 Å². The van der Waals surface area contributed by atoms with Gasteiger partial charge in [0.15, 0.2) is 6.10 Å². The molecule has 32 heavy (non-hydrogen) atoms. The van der Waals surface area contributed by atoms with E-state index in [9.17, 15) is 5.11 Å². The molecule has 0 spiro atoms. The Balaban J connectivity index is 1.81. The van der Waals surface area contributed by atoms with E-state index in [1.54, 1.807) is 24.7 Å². The van der Waals surface area contributed by atoms with Crippen LogP contribution in [0.5, 0.6) is 0 Å². The molecule has 1 aliphatic rings. The molecule has 1 aliphatic heterocycles. The van der Waals surface area contributed by atoms with Crippen LogP contribution in [0.25, 0.3) is 11.5 Å².